The molecule has 0 rings (SSSR count). The van der Waals surface area contributed by atoms with Crippen molar-refractivity contribution in [1.29, 1.82) is 0 Å². The number of carbonyl (C=O) groups excluding carboxylic acids is 1. The first-order chi connectivity index (χ1) is 5.84. The Morgan fingerprint density at radius 2 is 1.92 bits per heavy atom. The van der Waals surface area contributed by atoms with E-state index in [-0.39, 0.29) is 11.3 Å². The van der Waals surface area contributed by atoms with Gasteiger partial charge < -0.3 is 0 Å². The predicted octanol–water partition coefficient (Wildman–Crippen LogP) is 2.33. The molecular formula is C11H23NO. The summed E-state index contributed by atoms with van der Waals surface area (Å²) in [6.07, 6.45) is 0.881. The fourth-order valence-corrected chi connectivity index (χ4v) is 1.54. The molecule has 0 saturated heterocycles. The lowest BCUT2D eigenvalue weighted by molar-refractivity contribution is -0.127. The van der Waals surface area contributed by atoms with Gasteiger partial charge in [-0.15, -0.1) is 0 Å². The SMILES string of the molecule is CC[C@@](C)(C(C)=O)N(C)CC(C)C. The average Bonchev–Trinajstić information content (AvgIpc) is 2.01. The molecule has 0 aliphatic rings. The number of ketones is 1. The summed E-state index contributed by atoms with van der Waals surface area (Å²) in [5, 5.41) is 0. The van der Waals surface area contributed by atoms with Crippen LogP contribution in [0.2, 0.25) is 0 Å². The molecule has 2 heteroatoms. The molecule has 0 saturated carbocycles. The quantitative estimate of drug-likeness (QED) is 0.655. The molecule has 0 fully saturated rings. The highest BCUT2D eigenvalue weighted by Crippen LogP contribution is 2.19. The van der Waals surface area contributed by atoms with Crippen LogP contribution in [-0.4, -0.2) is 29.8 Å². The zero-order valence-electron chi connectivity index (χ0n) is 9.85. The van der Waals surface area contributed by atoms with E-state index >= 15 is 0 Å². The molecule has 0 spiro atoms. The lowest BCUT2D eigenvalue weighted by atomic mass is 9.91. The van der Waals surface area contributed by atoms with Crippen LogP contribution in [-0.2, 0) is 4.79 Å². The molecule has 13 heavy (non-hydrogen) atoms. The minimum atomic E-state index is -0.274. The molecule has 0 aromatic carbocycles. The monoisotopic (exact) mass is 185 g/mol. The first-order valence-corrected chi connectivity index (χ1v) is 5.06. The maximum absolute atomic E-state index is 11.5. The Labute approximate surface area is 82.3 Å². The number of carbonyl (C=O) groups is 1. The maximum Gasteiger partial charge on any atom is 0.149 e. The second-order valence-corrected chi connectivity index (χ2v) is 4.46. The highest BCUT2D eigenvalue weighted by molar-refractivity contribution is 5.85. The summed E-state index contributed by atoms with van der Waals surface area (Å²) < 4.78 is 0. The van der Waals surface area contributed by atoms with E-state index in [1.807, 2.05) is 14.0 Å². The topological polar surface area (TPSA) is 20.3 Å². The van der Waals surface area contributed by atoms with Crippen LogP contribution in [0.4, 0.5) is 0 Å². The van der Waals surface area contributed by atoms with Crippen molar-refractivity contribution in [3.8, 4) is 0 Å². The summed E-state index contributed by atoms with van der Waals surface area (Å²) >= 11 is 0. The summed E-state index contributed by atoms with van der Waals surface area (Å²) in [4.78, 5) is 13.6. The maximum atomic E-state index is 11.5. The van der Waals surface area contributed by atoms with Crippen LogP contribution in [0.25, 0.3) is 0 Å². The molecule has 2 nitrogen and oxygen atoms in total. The third-order valence-electron chi connectivity index (χ3n) is 2.93. The van der Waals surface area contributed by atoms with Crippen molar-refractivity contribution in [2.24, 2.45) is 5.92 Å². The van der Waals surface area contributed by atoms with Gasteiger partial charge in [0.1, 0.15) is 5.78 Å². The Morgan fingerprint density at radius 3 is 2.15 bits per heavy atom. The molecule has 0 aromatic rings. The summed E-state index contributed by atoms with van der Waals surface area (Å²) in [6.45, 7) is 11.1. The van der Waals surface area contributed by atoms with Crippen LogP contribution >= 0.6 is 0 Å². The minimum absolute atomic E-state index is 0.262. The number of hydrogen-bond acceptors (Lipinski definition) is 2. The number of likely N-dealkylation sites (N-methyl/N-ethyl adjacent to an activating group) is 1. The van der Waals surface area contributed by atoms with Crippen molar-refractivity contribution in [3.63, 3.8) is 0 Å². The molecule has 0 bridgehead atoms. The van der Waals surface area contributed by atoms with Gasteiger partial charge in [-0.2, -0.15) is 0 Å². The van der Waals surface area contributed by atoms with E-state index in [2.05, 4.69) is 25.7 Å². The number of nitrogens with zero attached hydrogens (tertiary/aromatic N) is 1. The normalized spacial score (nSPS) is 16.3. The molecular weight excluding hydrogens is 162 g/mol. The van der Waals surface area contributed by atoms with Crippen LogP contribution in [0.15, 0.2) is 0 Å². The molecule has 1 atom stereocenters. The van der Waals surface area contributed by atoms with Gasteiger partial charge in [0.15, 0.2) is 0 Å². The zero-order valence-corrected chi connectivity index (χ0v) is 9.85. The van der Waals surface area contributed by atoms with Gasteiger partial charge in [-0.1, -0.05) is 20.8 Å². The average molecular weight is 185 g/mol. The predicted molar refractivity (Wildman–Crippen MR) is 56.8 cm³/mol. The van der Waals surface area contributed by atoms with E-state index in [0.29, 0.717) is 5.92 Å². The molecule has 78 valence electrons. The molecule has 0 aromatic heterocycles. The Morgan fingerprint density at radius 1 is 1.46 bits per heavy atom. The Kier molecular flexibility index (Phi) is 4.62. The van der Waals surface area contributed by atoms with Crippen LogP contribution in [0.5, 0.6) is 0 Å². The van der Waals surface area contributed by atoms with Gasteiger partial charge in [0.2, 0.25) is 0 Å². The molecule has 0 aliphatic heterocycles. The van der Waals surface area contributed by atoms with E-state index < -0.39 is 0 Å². The summed E-state index contributed by atoms with van der Waals surface area (Å²) in [6, 6.07) is 0. The van der Waals surface area contributed by atoms with Crippen molar-refractivity contribution in [2.75, 3.05) is 13.6 Å². The Balaban J connectivity index is 4.47. The van der Waals surface area contributed by atoms with Crippen molar-refractivity contribution < 1.29 is 4.79 Å². The standard InChI is InChI=1S/C11H23NO/c1-7-11(5,10(4)13)12(6)8-9(2)3/h9H,7-8H2,1-6H3/t11-/m0/s1. The van der Waals surface area contributed by atoms with Crippen molar-refractivity contribution in [2.45, 2.75) is 46.6 Å². The minimum Gasteiger partial charge on any atom is -0.298 e. The fraction of sp³-hybridized carbons (Fsp3) is 0.909. The van der Waals surface area contributed by atoms with Gasteiger partial charge in [-0.25, -0.2) is 0 Å². The van der Waals surface area contributed by atoms with E-state index in [9.17, 15) is 4.79 Å². The van der Waals surface area contributed by atoms with Gasteiger partial charge in [-0.05, 0) is 33.2 Å². The fourth-order valence-electron chi connectivity index (χ4n) is 1.54. The smallest absolute Gasteiger partial charge is 0.149 e. The first-order valence-electron chi connectivity index (χ1n) is 5.06. The van der Waals surface area contributed by atoms with E-state index in [1.165, 1.54) is 0 Å². The summed E-state index contributed by atoms with van der Waals surface area (Å²) in [7, 11) is 2.03. The number of hydrogen-bond donors (Lipinski definition) is 0. The van der Waals surface area contributed by atoms with Crippen molar-refractivity contribution >= 4 is 5.78 Å². The van der Waals surface area contributed by atoms with Gasteiger partial charge in [0, 0.05) is 6.54 Å². The van der Waals surface area contributed by atoms with Gasteiger partial charge >= 0.3 is 0 Å². The van der Waals surface area contributed by atoms with Crippen LogP contribution < -0.4 is 0 Å². The van der Waals surface area contributed by atoms with Crippen molar-refractivity contribution in [3.05, 3.63) is 0 Å². The van der Waals surface area contributed by atoms with E-state index in [1.54, 1.807) is 6.92 Å². The molecule has 0 heterocycles. The molecule has 0 aliphatic carbocycles. The molecule has 0 N–H and O–H groups in total. The lowest BCUT2D eigenvalue weighted by Gasteiger charge is -2.37. The lowest BCUT2D eigenvalue weighted by Crippen LogP contribution is -2.50. The van der Waals surface area contributed by atoms with E-state index in [0.717, 1.165) is 13.0 Å². The second-order valence-electron chi connectivity index (χ2n) is 4.46. The van der Waals surface area contributed by atoms with Crippen molar-refractivity contribution in [1.82, 2.24) is 4.90 Å². The number of Topliss-reactive ketones (excluding diaryl/α,β-unsaturated/α-hetero) is 1. The second kappa shape index (κ2) is 4.75. The highest BCUT2D eigenvalue weighted by atomic mass is 16.1. The third kappa shape index (κ3) is 3.11. The summed E-state index contributed by atoms with van der Waals surface area (Å²) in [5.74, 6) is 0.869. The van der Waals surface area contributed by atoms with Gasteiger partial charge in [-0.3, -0.25) is 9.69 Å². The van der Waals surface area contributed by atoms with Gasteiger partial charge in [0.05, 0.1) is 5.54 Å². The van der Waals surface area contributed by atoms with Crippen LogP contribution in [0.1, 0.15) is 41.0 Å². The zero-order chi connectivity index (χ0) is 10.6. The van der Waals surface area contributed by atoms with E-state index in [4.69, 9.17) is 0 Å². The third-order valence-corrected chi connectivity index (χ3v) is 2.93. The Bertz CT molecular complexity index is 177. The molecule has 0 unspecified atom stereocenters. The summed E-state index contributed by atoms with van der Waals surface area (Å²) in [5.41, 5.74) is -0.274. The van der Waals surface area contributed by atoms with Crippen LogP contribution in [0, 0.1) is 5.92 Å². The largest absolute Gasteiger partial charge is 0.298 e. The van der Waals surface area contributed by atoms with Crippen LogP contribution in [0.3, 0.4) is 0 Å². The first kappa shape index (κ1) is 12.6. The van der Waals surface area contributed by atoms with Gasteiger partial charge in [0.25, 0.3) is 0 Å². The highest BCUT2D eigenvalue weighted by Gasteiger charge is 2.32. The molecule has 0 amide bonds. The molecule has 0 radical (unpaired) electrons. The Hall–Kier alpha value is -0.370. The number of rotatable bonds is 5.